The van der Waals surface area contributed by atoms with E-state index in [1.54, 1.807) is 0 Å². The van der Waals surface area contributed by atoms with Crippen LogP contribution in [0.4, 0.5) is 4.79 Å². The van der Waals surface area contributed by atoms with Crippen LogP contribution in [0.3, 0.4) is 0 Å². The van der Waals surface area contributed by atoms with Crippen LogP contribution in [0.15, 0.2) is 0 Å². The molecular formula is C12H22O3. The van der Waals surface area contributed by atoms with Crippen molar-refractivity contribution in [1.29, 1.82) is 0 Å². The molecule has 0 saturated heterocycles. The first-order chi connectivity index (χ1) is 7.13. The Labute approximate surface area is 92.1 Å². The summed E-state index contributed by atoms with van der Waals surface area (Å²) in [6.45, 7) is 6.13. The Morgan fingerprint density at radius 1 is 1.33 bits per heavy atom. The fourth-order valence-corrected chi connectivity index (χ4v) is 1.98. The van der Waals surface area contributed by atoms with Gasteiger partial charge >= 0.3 is 6.16 Å². The Morgan fingerprint density at radius 2 is 1.93 bits per heavy atom. The molecule has 1 aliphatic carbocycles. The summed E-state index contributed by atoms with van der Waals surface area (Å²) >= 11 is 0. The summed E-state index contributed by atoms with van der Waals surface area (Å²) in [7, 11) is 0. The molecule has 3 heteroatoms. The Morgan fingerprint density at radius 3 is 2.40 bits per heavy atom. The van der Waals surface area contributed by atoms with Gasteiger partial charge in [0.2, 0.25) is 0 Å². The van der Waals surface area contributed by atoms with E-state index in [0.29, 0.717) is 5.92 Å². The molecule has 0 aliphatic heterocycles. The van der Waals surface area contributed by atoms with Crippen molar-refractivity contribution in [2.45, 2.75) is 65.1 Å². The van der Waals surface area contributed by atoms with Crippen LogP contribution in [0.5, 0.6) is 0 Å². The molecule has 1 rings (SSSR count). The lowest BCUT2D eigenvalue weighted by atomic mass is 10.1. The molecule has 0 amide bonds. The van der Waals surface area contributed by atoms with Gasteiger partial charge in [0.15, 0.2) is 0 Å². The van der Waals surface area contributed by atoms with Gasteiger partial charge in [0, 0.05) is 0 Å². The second kappa shape index (κ2) is 5.99. The van der Waals surface area contributed by atoms with Crippen molar-refractivity contribution in [3.63, 3.8) is 0 Å². The Hall–Kier alpha value is -0.730. The van der Waals surface area contributed by atoms with E-state index in [1.165, 1.54) is 12.8 Å². The topological polar surface area (TPSA) is 35.5 Å². The molecule has 88 valence electrons. The maximum absolute atomic E-state index is 11.4. The number of rotatable bonds is 4. The molecule has 0 aromatic carbocycles. The summed E-state index contributed by atoms with van der Waals surface area (Å²) in [6, 6.07) is 0. The minimum atomic E-state index is -0.484. The van der Waals surface area contributed by atoms with Crippen molar-refractivity contribution in [2.24, 2.45) is 5.92 Å². The maximum Gasteiger partial charge on any atom is 0.508 e. The third kappa shape index (κ3) is 4.10. The highest BCUT2D eigenvalue weighted by molar-refractivity contribution is 5.60. The smallest absolute Gasteiger partial charge is 0.431 e. The second-order valence-electron chi connectivity index (χ2n) is 4.58. The van der Waals surface area contributed by atoms with Crippen LogP contribution in [0.2, 0.25) is 0 Å². The zero-order chi connectivity index (χ0) is 11.3. The van der Waals surface area contributed by atoms with Crippen molar-refractivity contribution in [1.82, 2.24) is 0 Å². The molecule has 1 aliphatic rings. The van der Waals surface area contributed by atoms with Gasteiger partial charge in [-0.2, -0.15) is 0 Å². The first kappa shape index (κ1) is 12.3. The van der Waals surface area contributed by atoms with Crippen LogP contribution in [-0.2, 0) is 9.47 Å². The molecule has 15 heavy (non-hydrogen) atoms. The first-order valence-corrected chi connectivity index (χ1v) is 6.00. The summed E-state index contributed by atoms with van der Waals surface area (Å²) in [5.74, 6) is 0.353. The normalized spacial score (nSPS) is 19.2. The van der Waals surface area contributed by atoms with Gasteiger partial charge in [-0.05, 0) is 38.0 Å². The van der Waals surface area contributed by atoms with Crippen LogP contribution in [0, 0.1) is 5.92 Å². The summed E-state index contributed by atoms with van der Waals surface area (Å²) in [5.41, 5.74) is 0. The van der Waals surface area contributed by atoms with E-state index in [9.17, 15) is 4.79 Å². The molecule has 1 unspecified atom stereocenters. The first-order valence-electron chi connectivity index (χ1n) is 6.00. The van der Waals surface area contributed by atoms with Crippen molar-refractivity contribution < 1.29 is 14.3 Å². The predicted octanol–water partition coefficient (Wildman–Crippen LogP) is 3.52. The van der Waals surface area contributed by atoms with Gasteiger partial charge in [-0.3, -0.25) is 0 Å². The number of carbonyl (C=O) groups excluding carboxylic acids is 1. The molecule has 0 aromatic rings. The average molecular weight is 214 g/mol. The third-order valence-electron chi connectivity index (χ3n) is 2.96. The van der Waals surface area contributed by atoms with E-state index < -0.39 is 6.16 Å². The van der Waals surface area contributed by atoms with Gasteiger partial charge < -0.3 is 9.47 Å². The van der Waals surface area contributed by atoms with Gasteiger partial charge in [-0.15, -0.1) is 0 Å². The van der Waals surface area contributed by atoms with Gasteiger partial charge in [0.05, 0.1) is 0 Å². The summed E-state index contributed by atoms with van der Waals surface area (Å²) in [4.78, 5) is 11.4. The van der Waals surface area contributed by atoms with Crippen molar-refractivity contribution >= 4 is 6.16 Å². The quantitative estimate of drug-likeness (QED) is 0.672. The van der Waals surface area contributed by atoms with Crippen molar-refractivity contribution in [3.05, 3.63) is 0 Å². The third-order valence-corrected chi connectivity index (χ3v) is 2.96. The van der Waals surface area contributed by atoms with Gasteiger partial charge in [0.1, 0.15) is 12.2 Å². The van der Waals surface area contributed by atoms with Crippen LogP contribution < -0.4 is 0 Å². The van der Waals surface area contributed by atoms with E-state index in [0.717, 1.165) is 19.3 Å². The Bertz CT molecular complexity index is 195. The largest absolute Gasteiger partial charge is 0.508 e. The zero-order valence-corrected chi connectivity index (χ0v) is 9.99. The number of hydrogen-bond acceptors (Lipinski definition) is 3. The SMILES string of the molecule is CCC(OC(=O)OC1CCCC1)C(C)C. The summed E-state index contributed by atoms with van der Waals surface area (Å²) in [5, 5.41) is 0. The molecule has 0 aromatic heterocycles. The van der Waals surface area contributed by atoms with Crippen LogP contribution >= 0.6 is 0 Å². The van der Waals surface area contributed by atoms with Crippen LogP contribution in [0.25, 0.3) is 0 Å². The molecular weight excluding hydrogens is 192 g/mol. The van der Waals surface area contributed by atoms with Crippen molar-refractivity contribution in [2.75, 3.05) is 0 Å². The van der Waals surface area contributed by atoms with E-state index in [-0.39, 0.29) is 12.2 Å². The Balaban J connectivity index is 2.27. The van der Waals surface area contributed by atoms with E-state index in [2.05, 4.69) is 13.8 Å². The minimum absolute atomic E-state index is 0.0149. The molecule has 0 N–H and O–H groups in total. The molecule has 0 spiro atoms. The van der Waals surface area contributed by atoms with E-state index in [1.807, 2.05) is 6.92 Å². The highest BCUT2D eigenvalue weighted by Gasteiger charge is 2.23. The monoisotopic (exact) mass is 214 g/mol. The highest BCUT2D eigenvalue weighted by Crippen LogP contribution is 2.22. The predicted molar refractivity (Wildman–Crippen MR) is 58.7 cm³/mol. The number of hydrogen-bond donors (Lipinski definition) is 0. The molecule has 3 nitrogen and oxygen atoms in total. The lowest BCUT2D eigenvalue weighted by Gasteiger charge is -2.20. The van der Waals surface area contributed by atoms with Crippen LogP contribution in [0.1, 0.15) is 52.9 Å². The standard InChI is InChI=1S/C12H22O3/c1-4-11(9(2)3)15-12(13)14-10-7-5-6-8-10/h9-11H,4-8H2,1-3H3. The lowest BCUT2D eigenvalue weighted by molar-refractivity contribution is -0.0134. The lowest BCUT2D eigenvalue weighted by Crippen LogP contribution is -2.25. The van der Waals surface area contributed by atoms with Crippen molar-refractivity contribution in [3.8, 4) is 0 Å². The average Bonchev–Trinajstić information content (AvgIpc) is 2.66. The fourth-order valence-electron chi connectivity index (χ4n) is 1.98. The highest BCUT2D eigenvalue weighted by atomic mass is 16.7. The van der Waals surface area contributed by atoms with Gasteiger partial charge in [0.25, 0.3) is 0 Å². The summed E-state index contributed by atoms with van der Waals surface area (Å²) in [6.07, 6.45) is 4.76. The number of carbonyl (C=O) groups is 1. The van der Waals surface area contributed by atoms with Gasteiger partial charge in [-0.1, -0.05) is 20.8 Å². The fraction of sp³-hybridized carbons (Fsp3) is 0.917. The minimum Gasteiger partial charge on any atom is -0.431 e. The van der Waals surface area contributed by atoms with E-state index in [4.69, 9.17) is 9.47 Å². The molecule has 1 saturated carbocycles. The summed E-state index contributed by atoms with van der Waals surface area (Å²) < 4.78 is 10.5. The second-order valence-corrected chi connectivity index (χ2v) is 4.58. The molecule has 0 radical (unpaired) electrons. The molecule has 1 atom stereocenters. The molecule has 0 heterocycles. The zero-order valence-electron chi connectivity index (χ0n) is 9.99. The molecule has 1 fully saturated rings. The van der Waals surface area contributed by atoms with Gasteiger partial charge in [-0.25, -0.2) is 4.79 Å². The Kier molecular flexibility index (Phi) is 4.92. The molecule has 0 bridgehead atoms. The van der Waals surface area contributed by atoms with Crippen LogP contribution in [-0.4, -0.2) is 18.4 Å². The number of ether oxygens (including phenoxy) is 2. The maximum atomic E-state index is 11.4. The van der Waals surface area contributed by atoms with E-state index >= 15 is 0 Å².